The second-order valence-electron chi connectivity index (χ2n) is 6.20. The van der Waals surface area contributed by atoms with Crippen molar-refractivity contribution in [3.8, 4) is 0 Å². The number of carbonyl (C=O) groups is 2. The Labute approximate surface area is 146 Å². The van der Waals surface area contributed by atoms with E-state index in [9.17, 15) is 14.7 Å². The van der Waals surface area contributed by atoms with Gasteiger partial charge in [0.2, 0.25) is 0 Å². The fourth-order valence-electron chi connectivity index (χ4n) is 2.87. The van der Waals surface area contributed by atoms with E-state index in [1.165, 1.54) is 0 Å². The molecule has 0 saturated heterocycles. The van der Waals surface area contributed by atoms with Crippen LogP contribution in [0, 0.1) is 5.92 Å². The summed E-state index contributed by atoms with van der Waals surface area (Å²) in [5.41, 5.74) is 2.52. The van der Waals surface area contributed by atoms with Gasteiger partial charge in [-0.25, -0.2) is 9.59 Å². The van der Waals surface area contributed by atoms with Gasteiger partial charge in [-0.15, -0.1) is 0 Å². The quantitative estimate of drug-likeness (QED) is 0.683. The van der Waals surface area contributed by atoms with Gasteiger partial charge in [-0.3, -0.25) is 0 Å². The van der Waals surface area contributed by atoms with E-state index in [1.807, 2.05) is 6.92 Å². The summed E-state index contributed by atoms with van der Waals surface area (Å²) in [7, 11) is 0. The van der Waals surface area contributed by atoms with E-state index < -0.39 is 11.9 Å². The molecular weight excluding hydrogens is 320 g/mol. The Hall–Kier alpha value is -2.66. The van der Waals surface area contributed by atoms with Crippen LogP contribution in [0.1, 0.15) is 51.1 Å². The van der Waals surface area contributed by atoms with Gasteiger partial charge >= 0.3 is 11.9 Å². The first kappa shape index (κ1) is 18.7. The fourth-order valence-corrected chi connectivity index (χ4v) is 2.87. The minimum atomic E-state index is -0.956. The predicted molar refractivity (Wildman–Crippen MR) is 94.1 cm³/mol. The van der Waals surface area contributed by atoms with Gasteiger partial charge in [0.1, 0.15) is 0 Å². The maximum Gasteiger partial charge on any atom is 0.335 e. The van der Waals surface area contributed by atoms with Crippen molar-refractivity contribution in [2.75, 3.05) is 6.61 Å². The number of aliphatic hydroxyl groups is 1. The zero-order valence-corrected chi connectivity index (χ0v) is 14.1. The molecule has 2 unspecified atom stereocenters. The highest BCUT2D eigenvalue weighted by molar-refractivity contribution is 5.88. The number of benzene rings is 2. The Morgan fingerprint density at radius 2 is 1.36 bits per heavy atom. The van der Waals surface area contributed by atoms with E-state index >= 15 is 0 Å². The first-order valence-electron chi connectivity index (χ1n) is 8.18. The molecule has 5 nitrogen and oxygen atoms in total. The summed E-state index contributed by atoms with van der Waals surface area (Å²) in [4.78, 5) is 21.8. The van der Waals surface area contributed by atoms with Crippen LogP contribution in [0.5, 0.6) is 0 Å². The molecule has 132 valence electrons. The predicted octanol–water partition coefficient (Wildman–Crippen LogP) is 3.43. The summed E-state index contributed by atoms with van der Waals surface area (Å²) in [5, 5.41) is 27.6. The highest BCUT2D eigenvalue weighted by Crippen LogP contribution is 2.28. The van der Waals surface area contributed by atoms with Crippen molar-refractivity contribution in [2.45, 2.75) is 25.7 Å². The van der Waals surface area contributed by atoms with Crippen molar-refractivity contribution >= 4 is 11.9 Å². The summed E-state index contributed by atoms with van der Waals surface area (Å²) >= 11 is 0. The van der Waals surface area contributed by atoms with E-state index in [4.69, 9.17) is 10.2 Å². The lowest BCUT2D eigenvalue weighted by Crippen LogP contribution is -2.16. The molecule has 2 aromatic rings. The Balaban J connectivity index is 2.00. The third-order valence-electron chi connectivity index (χ3n) is 4.63. The Kier molecular flexibility index (Phi) is 6.31. The van der Waals surface area contributed by atoms with Crippen LogP contribution in [0.4, 0.5) is 0 Å². The lowest BCUT2D eigenvalue weighted by atomic mass is 9.84. The molecule has 0 amide bonds. The first-order valence-corrected chi connectivity index (χ1v) is 8.18. The van der Waals surface area contributed by atoms with Crippen LogP contribution in [0.15, 0.2) is 48.5 Å². The van der Waals surface area contributed by atoms with Gasteiger partial charge in [0.25, 0.3) is 0 Å². The molecule has 2 rings (SSSR count). The molecule has 0 heterocycles. The number of carboxylic acids is 2. The van der Waals surface area contributed by atoms with Crippen molar-refractivity contribution in [1.82, 2.24) is 0 Å². The molecule has 0 spiro atoms. The monoisotopic (exact) mass is 342 g/mol. The van der Waals surface area contributed by atoms with Crippen molar-refractivity contribution in [3.05, 3.63) is 70.8 Å². The fraction of sp³-hybridized carbons (Fsp3) is 0.300. The molecular formula is C20H22O5. The van der Waals surface area contributed by atoms with Gasteiger partial charge in [0.05, 0.1) is 11.1 Å². The van der Waals surface area contributed by atoms with Gasteiger partial charge in [0, 0.05) is 6.61 Å². The van der Waals surface area contributed by atoms with E-state index in [0.717, 1.165) is 24.0 Å². The number of hydrogen-bond donors (Lipinski definition) is 3. The minimum Gasteiger partial charge on any atom is -0.478 e. The van der Waals surface area contributed by atoms with Crippen LogP contribution in [0.25, 0.3) is 0 Å². The second-order valence-corrected chi connectivity index (χ2v) is 6.20. The highest BCUT2D eigenvalue weighted by atomic mass is 16.4. The average Bonchev–Trinajstić information content (AvgIpc) is 2.62. The number of aromatic carboxylic acids is 2. The molecule has 0 aromatic heterocycles. The van der Waals surface area contributed by atoms with Gasteiger partial charge in [0.15, 0.2) is 0 Å². The standard InChI is InChI=1S/C20H22O5/c1-13(15-8-10-17(11-9-15)20(24)25)18(12-21)7-4-14-2-5-16(6-3-14)19(22)23/h2-3,5-6,8-11,13,18,21H,4,7,12H2,1H3,(H,22,23)(H,24,25). The van der Waals surface area contributed by atoms with Gasteiger partial charge in [-0.1, -0.05) is 31.2 Å². The molecule has 0 bridgehead atoms. The van der Waals surface area contributed by atoms with Crippen LogP contribution in [0.2, 0.25) is 0 Å². The smallest absolute Gasteiger partial charge is 0.335 e. The van der Waals surface area contributed by atoms with Crippen molar-refractivity contribution in [3.63, 3.8) is 0 Å². The molecule has 0 aliphatic heterocycles. The molecule has 5 heteroatoms. The van der Waals surface area contributed by atoms with Crippen molar-refractivity contribution < 1.29 is 24.9 Å². The van der Waals surface area contributed by atoms with Crippen LogP contribution in [-0.2, 0) is 6.42 Å². The Morgan fingerprint density at radius 1 is 0.880 bits per heavy atom. The number of hydrogen-bond acceptors (Lipinski definition) is 3. The zero-order chi connectivity index (χ0) is 18.4. The maximum absolute atomic E-state index is 10.9. The van der Waals surface area contributed by atoms with Gasteiger partial charge in [-0.2, -0.15) is 0 Å². The summed E-state index contributed by atoms with van der Waals surface area (Å²) in [6.07, 6.45) is 1.49. The summed E-state index contributed by atoms with van der Waals surface area (Å²) in [6, 6.07) is 13.5. The first-order chi connectivity index (χ1) is 11.9. The van der Waals surface area contributed by atoms with Gasteiger partial charge < -0.3 is 15.3 Å². The molecule has 0 aliphatic rings. The Morgan fingerprint density at radius 3 is 1.80 bits per heavy atom. The molecule has 0 saturated carbocycles. The number of aliphatic hydroxyl groups excluding tert-OH is 1. The maximum atomic E-state index is 10.9. The van der Waals surface area contributed by atoms with Crippen LogP contribution in [-0.4, -0.2) is 33.9 Å². The summed E-state index contributed by atoms with van der Waals surface area (Å²) in [5.74, 6) is -1.78. The molecule has 2 atom stereocenters. The number of rotatable bonds is 8. The summed E-state index contributed by atoms with van der Waals surface area (Å²) < 4.78 is 0. The Bertz CT molecular complexity index is 719. The van der Waals surface area contributed by atoms with Crippen LogP contribution < -0.4 is 0 Å². The molecule has 3 N–H and O–H groups in total. The van der Waals surface area contributed by atoms with E-state index in [0.29, 0.717) is 0 Å². The third-order valence-corrected chi connectivity index (χ3v) is 4.63. The van der Waals surface area contributed by atoms with Crippen LogP contribution in [0.3, 0.4) is 0 Å². The molecule has 0 aliphatic carbocycles. The van der Waals surface area contributed by atoms with Crippen molar-refractivity contribution in [2.24, 2.45) is 5.92 Å². The molecule has 25 heavy (non-hydrogen) atoms. The van der Waals surface area contributed by atoms with E-state index in [-0.39, 0.29) is 29.6 Å². The minimum absolute atomic E-state index is 0.0368. The SMILES string of the molecule is CC(c1ccc(C(=O)O)cc1)C(CO)CCc1ccc(C(=O)O)cc1. The average molecular weight is 342 g/mol. The highest BCUT2D eigenvalue weighted by Gasteiger charge is 2.19. The van der Waals surface area contributed by atoms with E-state index in [1.54, 1.807) is 48.5 Å². The van der Waals surface area contributed by atoms with E-state index in [2.05, 4.69) is 0 Å². The largest absolute Gasteiger partial charge is 0.478 e. The lowest BCUT2D eigenvalue weighted by Gasteiger charge is -2.22. The zero-order valence-electron chi connectivity index (χ0n) is 14.1. The number of aryl methyl sites for hydroxylation is 1. The normalized spacial score (nSPS) is 13.2. The van der Waals surface area contributed by atoms with Gasteiger partial charge in [-0.05, 0) is 60.1 Å². The van der Waals surface area contributed by atoms with Crippen LogP contribution >= 0.6 is 0 Å². The molecule has 0 radical (unpaired) electrons. The molecule has 0 fully saturated rings. The number of carboxylic acid groups (broad SMARTS) is 2. The topological polar surface area (TPSA) is 94.8 Å². The lowest BCUT2D eigenvalue weighted by molar-refractivity contribution is 0.0686. The van der Waals surface area contributed by atoms with Crippen molar-refractivity contribution in [1.29, 1.82) is 0 Å². The third kappa shape index (κ3) is 4.90. The summed E-state index contributed by atoms with van der Waals surface area (Å²) in [6.45, 7) is 2.05. The molecule has 2 aromatic carbocycles. The second kappa shape index (κ2) is 8.44.